The van der Waals surface area contributed by atoms with E-state index in [1.54, 1.807) is 31.2 Å². The number of nitrogens with zero attached hydrogens (tertiary/aromatic N) is 1. The number of carbonyl (C=O) groups is 2. The first-order chi connectivity index (χ1) is 12.9. The zero-order valence-electron chi connectivity index (χ0n) is 16.1. The van der Waals surface area contributed by atoms with E-state index in [2.05, 4.69) is 6.58 Å². The quantitative estimate of drug-likeness (QED) is 0.415. The Bertz CT molecular complexity index is 837. The third kappa shape index (κ3) is 3.53. The summed E-state index contributed by atoms with van der Waals surface area (Å²) in [5.41, 5.74) is 1.50. The van der Waals surface area contributed by atoms with Crippen LogP contribution in [0.15, 0.2) is 41.6 Å². The number of esters is 1. The highest BCUT2D eigenvalue weighted by molar-refractivity contribution is 6.16. The molecule has 1 aromatic rings. The Morgan fingerprint density at radius 2 is 1.78 bits per heavy atom. The van der Waals surface area contributed by atoms with E-state index in [-0.39, 0.29) is 23.6 Å². The van der Waals surface area contributed by atoms with Crippen LogP contribution in [0.2, 0.25) is 0 Å². The molecule has 1 heterocycles. The maximum Gasteiger partial charge on any atom is 0.340 e. The molecule has 7 heteroatoms. The summed E-state index contributed by atoms with van der Waals surface area (Å²) in [5, 5.41) is 0. The Kier molecular flexibility index (Phi) is 6.28. The summed E-state index contributed by atoms with van der Waals surface area (Å²) in [6.45, 7) is 5.64. The number of carbonyl (C=O) groups excluding carboxylic acids is 2. The molecule has 27 heavy (non-hydrogen) atoms. The molecule has 0 saturated carbocycles. The molecule has 0 aromatic heterocycles. The van der Waals surface area contributed by atoms with E-state index in [9.17, 15) is 9.59 Å². The second-order valence-corrected chi connectivity index (χ2v) is 5.64. The lowest BCUT2D eigenvalue weighted by Crippen LogP contribution is -2.25. The van der Waals surface area contributed by atoms with Gasteiger partial charge in [0.05, 0.1) is 39.6 Å². The molecule has 1 aromatic carbocycles. The molecule has 1 aliphatic rings. The van der Waals surface area contributed by atoms with Gasteiger partial charge in [0.1, 0.15) is 0 Å². The molecular weight excluding hydrogens is 350 g/mol. The van der Waals surface area contributed by atoms with Gasteiger partial charge in [0.15, 0.2) is 11.5 Å². The van der Waals surface area contributed by atoms with Gasteiger partial charge >= 0.3 is 5.97 Å². The number of allylic oxidation sites excluding steroid dienone is 1. The topological polar surface area (TPSA) is 74.3 Å². The largest absolute Gasteiger partial charge is 0.493 e. The van der Waals surface area contributed by atoms with Crippen LogP contribution in [0, 0.1) is 0 Å². The number of methoxy groups -OCH3 is 4. The minimum atomic E-state index is -0.585. The average molecular weight is 373 g/mol. The first kappa shape index (κ1) is 20.1. The van der Waals surface area contributed by atoms with E-state index in [1.807, 2.05) is 0 Å². The van der Waals surface area contributed by atoms with Crippen LogP contribution >= 0.6 is 0 Å². The second-order valence-electron chi connectivity index (χ2n) is 5.64. The van der Waals surface area contributed by atoms with Gasteiger partial charge in [-0.1, -0.05) is 6.08 Å². The number of hydrogen-bond acceptors (Lipinski definition) is 6. The fraction of sp³-hybridized carbons (Fsp3) is 0.300. The Morgan fingerprint density at radius 1 is 1.11 bits per heavy atom. The van der Waals surface area contributed by atoms with E-state index in [0.717, 1.165) is 0 Å². The number of amides is 1. The monoisotopic (exact) mass is 373 g/mol. The van der Waals surface area contributed by atoms with Crippen LogP contribution in [-0.4, -0.2) is 51.8 Å². The van der Waals surface area contributed by atoms with Gasteiger partial charge in [-0.05, 0) is 25.1 Å². The Morgan fingerprint density at radius 3 is 2.30 bits per heavy atom. The Labute approximate surface area is 158 Å². The Hall–Kier alpha value is -3.22. The SMILES string of the molecule is C=CCN1C(=O)/C(=C\c2ccc(OC)c(OC)c2OC)C(C(=O)OC)=C1C. The molecule has 0 saturated heterocycles. The number of benzene rings is 1. The standard InChI is InChI=1S/C20H23NO6/c1-7-10-21-12(2)16(20(23)27-6)14(19(21)22)11-13-8-9-15(24-3)18(26-5)17(13)25-4/h7-9,11H,1,10H2,2-6H3/b14-11-. The average Bonchev–Trinajstić information content (AvgIpc) is 2.91. The van der Waals surface area contributed by atoms with Crippen molar-refractivity contribution in [1.29, 1.82) is 0 Å². The van der Waals surface area contributed by atoms with Gasteiger partial charge in [-0.15, -0.1) is 6.58 Å². The summed E-state index contributed by atoms with van der Waals surface area (Å²) < 4.78 is 21.0. The van der Waals surface area contributed by atoms with Crippen LogP contribution in [0.1, 0.15) is 12.5 Å². The summed E-state index contributed by atoms with van der Waals surface area (Å²) in [7, 11) is 5.78. The van der Waals surface area contributed by atoms with Crippen LogP contribution in [-0.2, 0) is 14.3 Å². The fourth-order valence-electron chi connectivity index (χ4n) is 2.97. The lowest BCUT2D eigenvalue weighted by Gasteiger charge is -2.15. The van der Waals surface area contributed by atoms with Crippen LogP contribution in [0.5, 0.6) is 17.2 Å². The molecular formula is C20H23NO6. The molecule has 0 aliphatic carbocycles. The maximum atomic E-state index is 12.9. The van der Waals surface area contributed by atoms with Crippen molar-refractivity contribution in [3.8, 4) is 17.2 Å². The van der Waals surface area contributed by atoms with Gasteiger partial charge < -0.3 is 23.8 Å². The molecule has 0 radical (unpaired) electrons. The van der Waals surface area contributed by atoms with Crippen molar-refractivity contribution in [2.24, 2.45) is 0 Å². The van der Waals surface area contributed by atoms with Crippen molar-refractivity contribution in [3.05, 3.63) is 47.2 Å². The molecule has 0 spiro atoms. The van der Waals surface area contributed by atoms with Gasteiger partial charge in [-0.25, -0.2) is 4.79 Å². The fourth-order valence-corrected chi connectivity index (χ4v) is 2.97. The number of ether oxygens (including phenoxy) is 4. The second kappa shape index (κ2) is 8.44. The molecule has 0 bridgehead atoms. The summed E-state index contributed by atoms with van der Waals surface area (Å²) in [4.78, 5) is 26.6. The summed E-state index contributed by atoms with van der Waals surface area (Å²) in [5.74, 6) is 0.370. The lowest BCUT2D eigenvalue weighted by atomic mass is 10.0. The highest BCUT2D eigenvalue weighted by Gasteiger charge is 2.36. The van der Waals surface area contributed by atoms with Gasteiger partial charge in [0.25, 0.3) is 5.91 Å². The minimum absolute atomic E-state index is 0.209. The van der Waals surface area contributed by atoms with Gasteiger partial charge in [0.2, 0.25) is 5.75 Å². The summed E-state index contributed by atoms with van der Waals surface area (Å²) in [6.07, 6.45) is 3.18. The predicted octanol–water partition coefficient (Wildman–Crippen LogP) is 2.57. The highest BCUT2D eigenvalue weighted by atomic mass is 16.5. The summed E-state index contributed by atoms with van der Waals surface area (Å²) >= 11 is 0. The lowest BCUT2D eigenvalue weighted by molar-refractivity contribution is -0.136. The van der Waals surface area contributed by atoms with Crippen molar-refractivity contribution in [2.75, 3.05) is 35.0 Å². The maximum absolute atomic E-state index is 12.9. The van der Waals surface area contributed by atoms with E-state index in [1.165, 1.54) is 33.3 Å². The first-order valence-corrected chi connectivity index (χ1v) is 8.18. The minimum Gasteiger partial charge on any atom is -0.493 e. The first-order valence-electron chi connectivity index (χ1n) is 8.18. The van der Waals surface area contributed by atoms with Crippen LogP contribution < -0.4 is 14.2 Å². The van der Waals surface area contributed by atoms with E-state index in [4.69, 9.17) is 18.9 Å². The summed E-state index contributed by atoms with van der Waals surface area (Å²) in [6, 6.07) is 3.42. The molecule has 1 amide bonds. The molecule has 1 aliphatic heterocycles. The van der Waals surface area contributed by atoms with Crippen molar-refractivity contribution in [3.63, 3.8) is 0 Å². The molecule has 0 N–H and O–H groups in total. The van der Waals surface area contributed by atoms with Crippen LogP contribution in [0.25, 0.3) is 6.08 Å². The predicted molar refractivity (Wildman–Crippen MR) is 101 cm³/mol. The molecule has 0 fully saturated rings. The van der Waals surface area contributed by atoms with Crippen molar-refractivity contribution >= 4 is 18.0 Å². The van der Waals surface area contributed by atoms with E-state index in [0.29, 0.717) is 28.5 Å². The van der Waals surface area contributed by atoms with Crippen molar-refractivity contribution < 1.29 is 28.5 Å². The van der Waals surface area contributed by atoms with Gasteiger partial charge in [-0.2, -0.15) is 0 Å². The van der Waals surface area contributed by atoms with Crippen molar-refractivity contribution in [1.82, 2.24) is 4.90 Å². The zero-order chi connectivity index (χ0) is 20.1. The molecule has 2 rings (SSSR count). The molecule has 7 nitrogen and oxygen atoms in total. The molecule has 144 valence electrons. The van der Waals surface area contributed by atoms with E-state index >= 15 is 0 Å². The third-order valence-electron chi connectivity index (χ3n) is 4.25. The highest BCUT2D eigenvalue weighted by Crippen LogP contribution is 2.42. The van der Waals surface area contributed by atoms with Crippen molar-refractivity contribution in [2.45, 2.75) is 6.92 Å². The molecule has 0 unspecified atom stereocenters. The Balaban J connectivity index is 2.68. The smallest absolute Gasteiger partial charge is 0.340 e. The van der Waals surface area contributed by atoms with Gasteiger partial charge in [-0.3, -0.25) is 4.79 Å². The zero-order valence-corrected chi connectivity index (χ0v) is 16.1. The number of rotatable bonds is 7. The van der Waals surface area contributed by atoms with Gasteiger partial charge in [0, 0.05) is 17.8 Å². The normalized spacial score (nSPS) is 15.2. The number of hydrogen-bond donors (Lipinski definition) is 0. The van der Waals surface area contributed by atoms with Crippen LogP contribution in [0.3, 0.4) is 0 Å². The van der Waals surface area contributed by atoms with Crippen LogP contribution in [0.4, 0.5) is 0 Å². The third-order valence-corrected chi connectivity index (χ3v) is 4.25. The molecule has 0 atom stereocenters. The van der Waals surface area contributed by atoms with E-state index < -0.39 is 5.97 Å².